The Morgan fingerprint density at radius 1 is 0.865 bits per heavy atom. The van der Waals surface area contributed by atoms with Crippen molar-refractivity contribution in [2.75, 3.05) is 7.11 Å². The predicted octanol–water partition coefficient (Wildman–Crippen LogP) is 6.03. The maximum atomic E-state index is 12.4. The molecule has 0 fully saturated rings. The summed E-state index contributed by atoms with van der Waals surface area (Å²) in [4.78, 5) is 43.2. The third-order valence-corrected chi connectivity index (χ3v) is 6.77. The molecule has 37 heavy (non-hydrogen) atoms. The summed E-state index contributed by atoms with van der Waals surface area (Å²) in [7, 11) is 1.41. The zero-order chi connectivity index (χ0) is 26.1. The minimum Gasteiger partial charge on any atom is -0.479 e. The van der Waals surface area contributed by atoms with Crippen LogP contribution in [0.5, 0.6) is 5.88 Å². The number of carbonyl (C=O) groups is 2. The monoisotopic (exact) mass is 529 g/mol. The lowest BCUT2D eigenvalue weighted by molar-refractivity contribution is 0.111. The van der Waals surface area contributed by atoms with Gasteiger partial charge in [-0.3, -0.25) is 18.8 Å². The molecule has 0 spiro atoms. The van der Waals surface area contributed by atoms with Gasteiger partial charge in [0.25, 0.3) is 5.56 Å². The molecule has 0 saturated heterocycles. The van der Waals surface area contributed by atoms with Crippen LogP contribution in [0.1, 0.15) is 20.8 Å². The van der Waals surface area contributed by atoms with E-state index in [9.17, 15) is 14.4 Å². The van der Waals surface area contributed by atoms with Gasteiger partial charge in [0, 0.05) is 34.0 Å². The minimum absolute atomic E-state index is 0.0860. The quantitative estimate of drug-likeness (QED) is 0.249. The van der Waals surface area contributed by atoms with Gasteiger partial charge in [-0.2, -0.15) is 0 Å². The smallest absolute Gasteiger partial charge is 0.265 e. The number of nitrogens with zero attached hydrogens (tertiary/aromatic N) is 3. The van der Waals surface area contributed by atoms with Crippen molar-refractivity contribution in [3.63, 3.8) is 0 Å². The molecule has 0 saturated carbocycles. The van der Waals surface area contributed by atoms with Crippen molar-refractivity contribution < 1.29 is 14.3 Å². The lowest BCUT2D eigenvalue weighted by Crippen LogP contribution is -2.17. The summed E-state index contributed by atoms with van der Waals surface area (Å²) in [5.74, 6) is 0.102. The van der Waals surface area contributed by atoms with E-state index in [1.54, 1.807) is 24.4 Å². The Bertz CT molecular complexity index is 1770. The fourth-order valence-corrected chi connectivity index (χ4v) is 4.78. The lowest BCUT2D eigenvalue weighted by atomic mass is 9.97. The van der Waals surface area contributed by atoms with Crippen LogP contribution in [0.3, 0.4) is 0 Å². The molecular formula is C28H17Cl2N3O4. The topological polar surface area (TPSA) is 90.6 Å². The summed E-state index contributed by atoms with van der Waals surface area (Å²) in [6.07, 6.45) is 4.19. The Morgan fingerprint density at radius 2 is 1.54 bits per heavy atom. The molecule has 3 heterocycles. The number of carbonyl (C=O) groups excluding carboxylic acids is 2. The first-order valence-electron chi connectivity index (χ1n) is 11.0. The molecular weight excluding hydrogens is 513 g/mol. The van der Waals surface area contributed by atoms with Crippen LogP contribution in [0.25, 0.3) is 39.0 Å². The van der Waals surface area contributed by atoms with Gasteiger partial charge in [-0.1, -0.05) is 59.6 Å². The van der Waals surface area contributed by atoms with Crippen LogP contribution in [0.2, 0.25) is 10.0 Å². The van der Waals surface area contributed by atoms with Crippen LogP contribution in [0, 0.1) is 0 Å². The number of aldehydes is 2. The summed E-state index contributed by atoms with van der Waals surface area (Å²) in [6.45, 7) is 0. The minimum atomic E-state index is -0.386. The van der Waals surface area contributed by atoms with Gasteiger partial charge in [-0.15, -0.1) is 0 Å². The van der Waals surface area contributed by atoms with Gasteiger partial charge in [0.1, 0.15) is 0 Å². The number of hydrogen-bond acceptors (Lipinski definition) is 6. The van der Waals surface area contributed by atoms with E-state index in [0.29, 0.717) is 50.5 Å². The van der Waals surface area contributed by atoms with Gasteiger partial charge in [0.2, 0.25) is 5.88 Å². The molecule has 0 N–H and O–H groups in total. The van der Waals surface area contributed by atoms with E-state index in [1.165, 1.54) is 23.8 Å². The van der Waals surface area contributed by atoms with Crippen LogP contribution < -0.4 is 10.3 Å². The molecule has 0 radical (unpaired) electrons. The lowest BCUT2D eigenvalue weighted by Gasteiger charge is -2.14. The predicted molar refractivity (Wildman–Crippen MR) is 143 cm³/mol. The molecule has 182 valence electrons. The van der Waals surface area contributed by atoms with E-state index in [-0.39, 0.29) is 22.7 Å². The highest BCUT2D eigenvalue weighted by Gasteiger charge is 2.17. The van der Waals surface area contributed by atoms with E-state index < -0.39 is 0 Å². The standard InChI is InChI=1S/C28H17Cl2N3O4/c1-37-27-24(15-35)31-13-23(32-27)22-7-3-6-21(26(22)30)20-5-2-4-19(25(20)29)16-10-11-33-18(12-16)9-8-17(14-34)28(33)36/h2-15H,1H3. The first-order chi connectivity index (χ1) is 18.0. The summed E-state index contributed by atoms with van der Waals surface area (Å²) >= 11 is 13.7. The Balaban J connectivity index is 1.62. The third-order valence-electron chi connectivity index (χ3n) is 5.96. The summed E-state index contributed by atoms with van der Waals surface area (Å²) in [5, 5.41) is 0.876. The zero-order valence-electron chi connectivity index (χ0n) is 19.3. The Labute approximate surface area is 220 Å². The molecule has 0 aliphatic carbocycles. The van der Waals surface area contributed by atoms with Crippen molar-refractivity contribution in [2.24, 2.45) is 0 Å². The maximum Gasteiger partial charge on any atom is 0.265 e. The molecule has 7 nitrogen and oxygen atoms in total. The average molecular weight is 530 g/mol. The summed E-state index contributed by atoms with van der Waals surface area (Å²) < 4.78 is 6.59. The SMILES string of the molecule is COc1nc(-c2cccc(-c3cccc(-c4ccn5c(=O)c(C=O)ccc5c4)c3Cl)c2Cl)cnc1C=O. The molecule has 0 aliphatic rings. The molecule has 2 aromatic carbocycles. The second kappa shape index (κ2) is 9.97. The Morgan fingerprint density at radius 3 is 2.22 bits per heavy atom. The summed E-state index contributed by atoms with van der Waals surface area (Å²) in [5.41, 5.74) is 4.37. The number of fused-ring (bicyclic) bond motifs is 1. The fourth-order valence-electron chi connectivity index (χ4n) is 4.12. The number of pyridine rings is 2. The van der Waals surface area contributed by atoms with E-state index in [4.69, 9.17) is 27.9 Å². The van der Waals surface area contributed by atoms with Gasteiger partial charge in [-0.25, -0.2) is 9.97 Å². The van der Waals surface area contributed by atoms with E-state index in [2.05, 4.69) is 9.97 Å². The second-order valence-corrected chi connectivity index (χ2v) is 8.78. The molecule has 0 amide bonds. The van der Waals surface area contributed by atoms with E-state index >= 15 is 0 Å². The van der Waals surface area contributed by atoms with Gasteiger partial charge >= 0.3 is 0 Å². The van der Waals surface area contributed by atoms with Gasteiger partial charge in [0.05, 0.1) is 34.6 Å². The largest absolute Gasteiger partial charge is 0.479 e. The van der Waals surface area contributed by atoms with E-state index in [0.717, 1.165) is 11.1 Å². The Kier molecular flexibility index (Phi) is 6.56. The number of benzene rings is 2. The van der Waals surface area contributed by atoms with Crippen LogP contribution in [-0.4, -0.2) is 34.1 Å². The molecule has 0 aliphatic heterocycles. The van der Waals surface area contributed by atoms with Gasteiger partial charge in [-0.05, 0) is 29.8 Å². The maximum absolute atomic E-state index is 12.4. The van der Waals surface area contributed by atoms with E-state index in [1.807, 2.05) is 36.4 Å². The van der Waals surface area contributed by atoms with Crippen LogP contribution in [0.15, 0.2) is 77.9 Å². The fraction of sp³-hybridized carbons (Fsp3) is 0.0357. The normalized spacial score (nSPS) is 10.9. The molecule has 9 heteroatoms. The van der Waals surface area contributed by atoms with Crippen molar-refractivity contribution in [3.8, 4) is 39.4 Å². The summed E-state index contributed by atoms with van der Waals surface area (Å²) in [6, 6.07) is 17.9. The van der Waals surface area contributed by atoms with Crippen molar-refractivity contribution in [2.45, 2.75) is 0 Å². The van der Waals surface area contributed by atoms with Gasteiger partial charge < -0.3 is 4.74 Å². The van der Waals surface area contributed by atoms with Crippen LogP contribution in [0.4, 0.5) is 0 Å². The zero-order valence-corrected chi connectivity index (χ0v) is 20.8. The number of hydrogen-bond donors (Lipinski definition) is 0. The van der Waals surface area contributed by atoms with Gasteiger partial charge in [0.15, 0.2) is 18.3 Å². The molecule has 3 aromatic heterocycles. The molecule has 0 bridgehead atoms. The highest BCUT2D eigenvalue weighted by Crippen LogP contribution is 2.42. The highest BCUT2D eigenvalue weighted by molar-refractivity contribution is 6.39. The molecule has 0 atom stereocenters. The first-order valence-corrected chi connectivity index (χ1v) is 11.8. The number of aromatic nitrogens is 3. The number of rotatable bonds is 6. The van der Waals surface area contributed by atoms with Crippen LogP contribution in [-0.2, 0) is 0 Å². The molecule has 5 rings (SSSR count). The highest BCUT2D eigenvalue weighted by atomic mass is 35.5. The van der Waals surface area contributed by atoms with Crippen molar-refractivity contribution in [3.05, 3.63) is 105 Å². The molecule has 0 unspecified atom stereocenters. The average Bonchev–Trinajstić information content (AvgIpc) is 2.93. The second-order valence-electron chi connectivity index (χ2n) is 8.02. The van der Waals surface area contributed by atoms with Crippen molar-refractivity contribution in [1.29, 1.82) is 0 Å². The third kappa shape index (κ3) is 4.28. The number of ether oxygens (including phenoxy) is 1. The molecule has 5 aromatic rings. The Hall–Kier alpha value is -4.33. The number of halogens is 2. The van der Waals surface area contributed by atoms with Crippen molar-refractivity contribution in [1.82, 2.24) is 14.4 Å². The first kappa shape index (κ1) is 24.4. The number of methoxy groups -OCH3 is 1. The van der Waals surface area contributed by atoms with Crippen molar-refractivity contribution >= 4 is 41.3 Å². The van der Waals surface area contributed by atoms with Crippen LogP contribution >= 0.6 is 23.2 Å².